The van der Waals surface area contributed by atoms with Crippen LogP contribution in [0.5, 0.6) is 17.2 Å². The van der Waals surface area contributed by atoms with Crippen LogP contribution in [0.25, 0.3) is 10.2 Å². The third-order valence-electron chi connectivity index (χ3n) is 3.36. The fourth-order valence-electron chi connectivity index (χ4n) is 2.26. The quantitative estimate of drug-likeness (QED) is 0.488. The molecule has 0 atom stereocenters. The Bertz CT molecular complexity index is 873. The van der Waals surface area contributed by atoms with E-state index in [-0.39, 0.29) is 17.2 Å². The molecular formula is C17H15F2N3O3S. The third-order valence-corrected chi connectivity index (χ3v) is 4.30. The zero-order chi connectivity index (χ0) is 18.5. The van der Waals surface area contributed by atoms with Crippen molar-refractivity contribution in [2.75, 3.05) is 19.6 Å². The molecule has 2 aromatic carbocycles. The maximum atomic E-state index is 12.6. The van der Waals surface area contributed by atoms with E-state index in [1.807, 2.05) is 24.3 Å². The lowest BCUT2D eigenvalue weighted by atomic mass is 10.2. The minimum absolute atomic E-state index is 0.117. The number of ether oxygens (including phenoxy) is 3. The smallest absolute Gasteiger partial charge is 0.387 e. The van der Waals surface area contributed by atoms with Gasteiger partial charge in [0.25, 0.3) is 0 Å². The molecule has 0 saturated heterocycles. The summed E-state index contributed by atoms with van der Waals surface area (Å²) in [5, 5.41) is 4.76. The molecule has 26 heavy (non-hydrogen) atoms. The second-order valence-electron chi connectivity index (χ2n) is 4.99. The average molecular weight is 379 g/mol. The van der Waals surface area contributed by atoms with Crippen molar-refractivity contribution in [1.29, 1.82) is 0 Å². The first-order valence-corrected chi connectivity index (χ1v) is 8.28. The van der Waals surface area contributed by atoms with Crippen LogP contribution in [-0.2, 0) is 0 Å². The maximum absolute atomic E-state index is 12.6. The summed E-state index contributed by atoms with van der Waals surface area (Å²) < 4.78 is 40.8. The van der Waals surface area contributed by atoms with Crippen molar-refractivity contribution in [3.63, 3.8) is 0 Å². The van der Waals surface area contributed by atoms with Crippen LogP contribution in [0.1, 0.15) is 5.56 Å². The van der Waals surface area contributed by atoms with E-state index in [0.29, 0.717) is 10.7 Å². The van der Waals surface area contributed by atoms with E-state index in [9.17, 15) is 8.78 Å². The van der Waals surface area contributed by atoms with Gasteiger partial charge < -0.3 is 14.2 Å². The summed E-state index contributed by atoms with van der Waals surface area (Å²) in [6.07, 6.45) is 1.50. The molecule has 0 fully saturated rings. The molecule has 0 unspecified atom stereocenters. The molecule has 0 bridgehead atoms. The number of hydrogen-bond donors (Lipinski definition) is 1. The Balaban J connectivity index is 1.80. The lowest BCUT2D eigenvalue weighted by Crippen LogP contribution is -2.06. The van der Waals surface area contributed by atoms with Gasteiger partial charge in [0.05, 0.1) is 30.7 Å². The fraction of sp³-hybridized carbons (Fsp3) is 0.176. The topological polar surface area (TPSA) is 65.0 Å². The number of nitrogens with zero attached hydrogens (tertiary/aromatic N) is 2. The summed E-state index contributed by atoms with van der Waals surface area (Å²) >= 11 is 1.47. The van der Waals surface area contributed by atoms with Gasteiger partial charge in [0.2, 0.25) is 10.9 Å². The largest absolute Gasteiger partial charge is 0.493 e. The van der Waals surface area contributed by atoms with Gasteiger partial charge in [-0.1, -0.05) is 23.5 Å². The molecule has 1 heterocycles. The zero-order valence-electron chi connectivity index (χ0n) is 13.9. The Hall–Kier alpha value is -2.94. The van der Waals surface area contributed by atoms with Gasteiger partial charge in [0, 0.05) is 5.56 Å². The van der Waals surface area contributed by atoms with Crippen molar-refractivity contribution < 1.29 is 23.0 Å². The summed E-state index contributed by atoms with van der Waals surface area (Å²) in [6.45, 7) is -2.99. The minimum atomic E-state index is -2.99. The number of halogens is 2. The molecule has 0 amide bonds. The summed E-state index contributed by atoms with van der Waals surface area (Å²) in [7, 11) is 2.71. The van der Waals surface area contributed by atoms with Crippen LogP contribution in [0.4, 0.5) is 13.9 Å². The van der Waals surface area contributed by atoms with Gasteiger partial charge in [-0.15, -0.1) is 0 Å². The molecule has 9 heteroatoms. The van der Waals surface area contributed by atoms with Crippen LogP contribution >= 0.6 is 11.3 Å². The van der Waals surface area contributed by atoms with Crippen LogP contribution in [0.2, 0.25) is 0 Å². The Morgan fingerprint density at radius 3 is 2.46 bits per heavy atom. The second kappa shape index (κ2) is 7.96. The van der Waals surface area contributed by atoms with Gasteiger partial charge in [0.1, 0.15) is 0 Å². The van der Waals surface area contributed by atoms with Crippen molar-refractivity contribution in [3.05, 3.63) is 42.0 Å². The highest BCUT2D eigenvalue weighted by atomic mass is 32.1. The number of para-hydroxylation sites is 1. The number of alkyl halides is 2. The molecule has 6 nitrogen and oxygen atoms in total. The molecule has 1 aromatic heterocycles. The number of anilines is 1. The van der Waals surface area contributed by atoms with Crippen molar-refractivity contribution >= 4 is 32.9 Å². The lowest BCUT2D eigenvalue weighted by Gasteiger charge is -2.14. The van der Waals surface area contributed by atoms with E-state index >= 15 is 0 Å². The van der Waals surface area contributed by atoms with Crippen molar-refractivity contribution in [2.24, 2.45) is 5.10 Å². The molecule has 136 valence electrons. The van der Waals surface area contributed by atoms with Crippen LogP contribution in [0, 0.1) is 0 Å². The fourth-order valence-corrected chi connectivity index (χ4v) is 3.08. The normalized spacial score (nSPS) is 11.3. The van der Waals surface area contributed by atoms with E-state index < -0.39 is 6.61 Å². The van der Waals surface area contributed by atoms with E-state index in [1.54, 1.807) is 0 Å². The molecular weight excluding hydrogens is 364 g/mol. The Morgan fingerprint density at radius 1 is 1.15 bits per heavy atom. The van der Waals surface area contributed by atoms with Crippen LogP contribution < -0.4 is 19.6 Å². The molecule has 0 radical (unpaired) electrons. The summed E-state index contributed by atoms with van der Waals surface area (Å²) in [6, 6.07) is 10.8. The molecule has 0 saturated carbocycles. The Morgan fingerprint density at radius 2 is 1.85 bits per heavy atom. The van der Waals surface area contributed by atoms with Crippen molar-refractivity contribution in [2.45, 2.75) is 6.61 Å². The minimum Gasteiger partial charge on any atom is -0.493 e. The number of benzene rings is 2. The van der Waals surface area contributed by atoms with Gasteiger partial charge in [-0.3, -0.25) is 5.43 Å². The number of fused-ring (bicyclic) bond motifs is 1. The number of methoxy groups -OCH3 is 2. The van der Waals surface area contributed by atoms with E-state index in [2.05, 4.69) is 20.2 Å². The first kappa shape index (κ1) is 17.9. The Labute approximate surface area is 152 Å². The monoisotopic (exact) mass is 379 g/mol. The first-order valence-electron chi connectivity index (χ1n) is 7.46. The number of hydrogen-bond acceptors (Lipinski definition) is 7. The van der Waals surface area contributed by atoms with Gasteiger partial charge in [0.15, 0.2) is 11.5 Å². The molecule has 3 aromatic rings. The highest BCUT2D eigenvalue weighted by Gasteiger charge is 2.17. The summed E-state index contributed by atoms with van der Waals surface area (Å²) in [5.74, 6) is 0.0680. The van der Waals surface area contributed by atoms with Gasteiger partial charge in [-0.2, -0.15) is 13.9 Å². The molecule has 0 aliphatic rings. The highest BCUT2D eigenvalue weighted by molar-refractivity contribution is 7.22. The number of rotatable bonds is 7. The van der Waals surface area contributed by atoms with Crippen LogP contribution in [-0.4, -0.2) is 32.0 Å². The van der Waals surface area contributed by atoms with Gasteiger partial charge in [-0.05, 0) is 24.3 Å². The van der Waals surface area contributed by atoms with Crippen molar-refractivity contribution in [3.8, 4) is 17.2 Å². The average Bonchev–Trinajstić information content (AvgIpc) is 3.04. The first-order chi connectivity index (χ1) is 12.6. The number of thiazole rings is 1. The third kappa shape index (κ3) is 3.99. The zero-order valence-corrected chi connectivity index (χ0v) is 14.7. The molecule has 3 rings (SSSR count). The molecule has 0 aliphatic carbocycles. The molecule has 0 aliphatic heterocycles. The predicted molar refractivity (Wildman–Crippen MR) is 97.0 cm³/mol. The maximum Gasteiger partial charge on any atom is 0.387 e. The summed E-state index contributed by atoms with van der Waals surface area (Å²) in [4.78, 5) is 4.40. The highest BCUT2D eigenvalue weighted by Crippen LogP contribution is 2.39. The van der Waals surface area contributed by atoms with E-state index in [4.69, 9.17) is 9.47 Å². The SMILES string of the molecule is COc1cc(/C=N\Nc2nc3ccccc3s2)cc(OC)c1OC(F)F. The van der Waals surface area contributed by atoms with E-state index in [1.165, 1.54) is 43.9 Å². The Kier molecular flexibility index (Phi) is 5.47. The van der Waals surface area contributed by atoms with Gasteiger partial charge in [-0.25, -0.2) is 4.98 Å². The second-order valence-corrected chi connectivity index (χ2v) is 6.02. The number of aromatic nitrogens is 1. The van der Waals surface area contributed by atoms with Crippen LogP contribution in [0.15, 0.2) is 41.5 Å². The lowest BCUT2D eigenvalue weighted by molar-refractivity contribution is -0.0526. The number of nitrogens with one attached hydrogen (secondary N) is 1. The summed E-state index contributed by atoms with van der Waals surface area (Å²) in [5.41, 5.74) is 4.31. The standard InChI is InChI=1S/C17H15F2N3O3S/c1-23-12-7-10(8-13(24-2)15(12)25-16(18)19)9-20-22-17-21-11-5-3-4-6-14(11)26-17/h3-9,16H,1-2H3,(H,21,22)/b20-9-. The van der Waals surface area contributed by atoms with Crippen LogP contribution in [0.3, 0.4) is 0 Å². The number of hydrazone groups is 1. The molecule has 1 N–H and O–H groups in total. The van der Waals surface area contributed by atoms with Crippen molar-refractivity contribution in [1.82, 2.24) is 4.98 Å². The van der Waals surface area contributed by atoms with Gasteiger partial charge >= 0.3 is 6.61 Å². The van der Waals surface area contributed by atoms with E-state index in [0.717, 1.165) is 10.2 Å². The molecule has 0 spiro atoms. The predicted octanol–water partition coefficient (Wildman–Crippen LogP) is 4.36.